The van der Waals surface area contributed by atoms with E-state index in [4.69, 9.17) is 5.11 Å². The Hall–Kier alpha value is -1.59. The smallest absolute Gasteiger partial charge is 0.320 e. The van der Waals surface area contributed by atoms with Crippen LogP contribution in [0.3, 0.4) is 0 Å². The topological polar surface area (TPSA) is 83.9 Å². The summed E-state index contributed by atoms with van der Waals surface area (Å²) in [6.07, 6.45) is -0.374. The molecule has 1 unspecified atom stereocenters. The van der Waals surface area contributed by atoms with Gasteiger partial charge in [0.25, 0.3) is 0 Å². The first-order valence-corrected chi connectivity index (χ1v) is 4.49. The van der Waals surface area contributed by atoms with E-state index in [9.17, 15) is 14.4 Å². The molecule has 0 aromatic carbocycles. The summed E-state index contributed by atoms with van der Waals surface area (Å²) < 4.78 is 4.56. The normalized spacial score (nSPS) is 11.7. The molecule has 1 atom stereocenters. The first-order chi connectivity index (χ1) is 6.90. The van der Waals surface area contributed by atoms with E-state index in [2.05, 4.69) is 4.74 Å². The summed E-state index contributed by atoms with van der Waals surface area (Å²) in [6, 6.07) is 0. The number of rotatable bonds is 5. The second kappa shape index (κ2) is 6.00. The molecule has 0 radical (unpaired) electrons. The minimum atomic E-state index is -1.42. The number of amides is 1. The number of aliphatic carboxylic acids is 1. The zero-order valence-electron chi connectivity index (χ0n) is 9.02. The van der Waals surface area contributed by atoms with Crippen LogP contribution >= 0.6 is 0 Å². The highest BCUT2D eigenvalue weighted by molar-refractivity contribution is 5.97. The van der Waals surface area contributed by atoms with Gasteiger partial charge in [-0.2, -0.15) is 0 Å². The summed E-state index contributed by atoms with van der Waals surface area (Å²) in [5.41, 5.74) is 0. The summed E-state index contributed by atoms with van der Waals surface area (Å²) in [6.45, 7) is 1.67. The molecule has 0 saturated carbocycles. The highest BCUT2D eigenvalue weighted by Crippen LogP contribution is 2.08. The van der Waals surface area contributed by atoms with E-state index < -0.39 is 23.8 Å². The van der Waals surface area contributed by atoms with E-state index in [0.29, 0.717) is 0 Å². The third-order valence-corrected chi connectivity index (χ3v) is 1.75. The fourth-order valence-corrected chi connectivity index (χ4v) is 0.872. The van der Waals surface area contributed by atoms with Crippen LogP contribution in [0.1, 0.15) is 13.3 Å². The van der Waals surface area contributed by atoms with Gasteiger partial charge in [0.15, 0.2) is 5.92 Å². The van der Waals surface area contributed by atoms with Crippen molar-refractivity contribution in [2.75, 3.05) is 20.7 Å². The average Bonchev–Trinajstić information content (AvgIpc) is 2.13. The van der Waals surface area contributed by atoms with Crippen LogP contribution in [0.4, 0.5) is 0 Å². The first kappa shape index (κ1) is 13.4. The molecular weight excluding hydrogens is 202 g/mol. The van der Waals surface area contributed by atoms with Crippen molar-refractivity contribution < 1.29 is 24.2 Å². The Morgan fingerprint density at radius 2 is 1.87 bits per heavy atom. The zero-order chi connectivity index (χ0) is 12.0. The van der Waals surface area contributed by atoms with E-state index in [1.54, 1.807) is 6.92 Å². The van der Waals surface area contributed by atoms with Crippen LogP contribution in [0.5, 0.6) is 0 Å². The zero-order valence-corrected chi connectivity index (χ0v) is 9.02. The van der Waals surface area contributed by atoms with Crippen molar-refractivity contribution in [1.82, 2.24) is 4.90 Å². The Morgan fingerprint density at radius 1 is 1.33 bits per heavy atom. The lowest BCUT2D eigenvalue weighted by Crippen LogP contribution is -2.32. The van der Waals surface area contributed by atoms with Gasteiger partial charge in [-0.3, -0.25) is 14.4 Å². The van der Waals surface area contributed by atoms with Crippen molar-refractivity contribution in [2.24, 2.45) is 5.92 Å². The third kappa shape index (κ3) is 4.44. The summed E-state index contributed by atoms with van der Waals surface area (Å²) in [5, 5.41) is 8.73. The Balaban J connectivity index is 4.48. The Labute approximate surface area is 87.8 Å². The van der Waals surface area contributed by atoms with Gasteiger partial charge in [-0.05, 0) is 6.92 Å². The first-order valence-electron chi connectivity index (χ1n) is 4.49. The Bertz CT molecular complexity index is 261. The minimum Gasteiger partial charge on any atom is -0.481 e. The summed E-state index contributed by atoms with van der Waals surface area (Å²) in [7, 11) is 2.98. The van der Waals surface area contributed by atoms with Crippen molar-refractivity contribution in [3.8, 4) is 0 Å². The van der Waals surface area contributed by atoms with Gasteiger partial charge in [0.05, 0.1) is 13.0 Å². The number of ether oxygens (including phenoxy) is 1. The number of carbonyl (C=O) groups excluding carboxylic acids is 2. The van der Waals surface area contributed by atoms with E-state index in [1.165, 1.54) is 19.0 Å². The minimum absolute atomic E-state index is 0.0960. The van der Waals surface area contributed by atoms with Crippen LogP contribution < -0.4 is 0 Å². The highest BCUT2D eigenvalue weighted by Gasteiger charge is 2.30. The molecule has 0 heterocycles. The number of esters is 1. The molecule has 0 rings (SSSR count). The second-order valence-corrected chi connectivity index (χ2v) is 3.14. The molecule has 6 nitrogen and oxygen atoms in total. The number of carboxylic acid groups (broad SMARTS) is 1. The van der Waals surface area contributed by atoms with E-state index in [1.807, 2.05) is 0 Å². The maximum atomic E-state index is 11.2. The Kier molecular flexibility index (Phi) is 5.36. The fourth-order valence-electron chi connectivity index (χ4n) is 0.872. The molecule has 1 amide bonds. The molecule has 0 aromatic heterocycles. The quantitative estimate of drug-likeness (QED) is 0.506. The van der Waals surface area contributed by atoms with Crippen LogP contribution in [-0.4, -0.2) is 48.6 Å². The summed E-state index contributed by atoms with van der Waals surface area (Å²) in [4.78, 5) is 34.3. The molecule has 0 saturated heterocycles. The molecule has 0 spiro atoms. The van der Waals surface area contributed by atoms with Crippen molar-refractivity contribution in [3.63, 3.8) is 0 Å². The molecule has 0 aliphatic rings. The molecule has 1 N–H and O–H groups in total. The number of nitrogens with zero attached hydrogens (tertiary/aromatic N) is 1. The molecular formula is C9H15NO5. The van der Waals surface area contributed by atoms with Gasteiger partial charge in [-0.1, -0.05) is 0 Å². The predicted molar refractivity (Wildman–Crippen MR) is 51.1 cm³/mol. The molecule has 0 bridgehead atoms. The lowest BCUT2D eigenvalue weighted by Gasteiger charge is -2.14. The number of hydrogen-bond donors (Lipinski definition) is 1. The van der Waals surface area contributed by atoms with Crippen LogP contribution in [0.15, 0.2) is 0 Å². The molecule has 15 heavy (non-hydrogen) atoms. The van der Waals surface area contributed by atoms with Gasteiger partial charge in [0.2, 0.25) is 5.91 Å². The maximum absolute atomic E-state index is 11.2. The van der Waals surface area contributed by atoms with Crippen molar-refractivity contribution in [1.29, 1.82) is 0 Å². The number of hydrogen-bond acceptors (Lipinski definition) is 4. The van der Waals surface area contributed by atoms with Crippen molar-refractivity contribution in [2.45, 2.75) is 13.3 Å². The molecule has 0 fully saturated rings. The van der Waals surface area contributed by atoms with Crippen LogP contribution in [0.2, 0.25) is 0 Å². The van der Waals surface area contributed by atoms with Gasteiger partial charge in [0, 0.05) is 14.1 Å². The monoisotopic (exact) mass is 217 g/mol. The van der Waals surface area contributed by atoms with E-state index >= 15 is 0 Å². The largest absolute Gasteiger partial charge is 0.481 e. The van der Waals surface area contributed by atoms with Gasteiger partial charge in [-0.25, -0.2) is 0 Å². The van der Waals surface area contributed by atoms with Gasteiger partial charge in [-0.15, -0.1) is 0 Å². The lowest BCUT2D eigenvalue weighted by atomic mass is 10.1. The Morgan fingerprint density at radius 3 is 2.20 bits per heavy atom. The SMILES string of the molecule is CCOC(=O)C(CC(=O)N(C)C)C(=O)O. The van der Waals surface area contributed by atoms with Gasteiger partial charge >= 0.3 is 11.9 Å². The predicted octanol–water partition coefficient (Wildman–Crippen LogP) is -0.271. The maximum Gasteiger partial charge on any atom is 0.320 e. The second-order valence-electron chi connectivity index (χ2n) is 3.14. The van der Waals surface area contributed by atoms with E-state index in [-0.39, 0.29) is 13.0 Å². The van der Waals surface area contributed by atoms with Crippen LogP contribution in [-0.2, 0) is 19.1 Å². The number of carbonyl (C=O) groups is 3. The highest BCUT2D eigenvalue weighted by atomic mass is 16.5. The van der Waals surface area contributed by atoms with Gasteiger partial charge in [0.1, 0.15) is 0 Å². The standard InChI is InChI=1S/C9H15NO5/c1-4-15-9(14)6(8(12)13)5-7(11)10(2)3/h6H,4-5H2,1-3H3,(H,12,13). The molecule has 86 valence electrons. The molecule has 0 aliphatic carbocycles. The lowest BCUT2D eigenvalue weighted by molar-refractivity contribution is -0.160. The number of carboxylic acids is 1. The van der Waals surface area contributed by atoms with Crippen molar-refractivity contribution in [3.05, 3.63) is 0 Å². The summed E-state index contributed by atoms with van der Waals surface area (Å²) >= 11 is 0. The third-order valence-electron chi connectivity index (χ3n) is 1.75. The fraction of sp³-hybridized carbons (Fsp3) is 0.667. The average molecular weight is 217 g/mol. The van der Waals surface area contributed by atoms with Gasteiger partial charge < -0.3 is 14.7 Å². The summed E-state index contributed by atoms with van der Waals surface area (Å²) in [5.74, 6) is -4.06. The van der Waals surface area contributed by atoms with Crippen molar-refractivity contribution >= 4 is 17.8 Å². The van der Waals surface area contributed by atoms with Crippen LogP contribution in [0.25, 0.3) is 0 Å². The molecule has 6 heteroatoms. The molecule has 0 aromatic rings. The molecule has 0 aliphatic heterocycles. The van der Waals surface area contributed by atoms with Crippen LogP contribution in [0, 0.1) is 5.92 Å². The van der Waals surface area contributed by atoms with E-state index in [0.717, 1.165) is 0 Å².